The highest BCUT2D eigenvalue weighted by Gasteiger charge is 2.11. The van der Waals surface area contributed by atoms with Crippen LogP contribution in [-0.2, 0) is 4.74 Å². The van der Waals surface area contributed by atoms with E-state index in [2.05, 4.69) is 10.7 Å². The second-order valence-corrected chi connectivity index (χ2v) is 3.05. The van der Waals surface area contributed by atoms with Crippen molar-refractivity contribution in [1.82, 2.24) is 0 Å². The first-order chi connectivity index (χ1) is 8.08. The third-order valence-electron chi connectivity index (χ3n) is 1.92. The molecule has 1 aromatic rings. The molecule has 0 atom stereocenters. The van der Waals surface area contributed by atoms with Crippen LogP contribution in [0.5, 0.6) is 5.75 Å². The molecule has 0 saturated heterocycles. The summed E-state index contributed by atoms with van der Waals surface area (Å²) in [6.45, 7) is -0.778. The maximum atomic E-state index is 12.0. The maximum absolute atomic E-state index is 12.0. The summed E-state index contributed by atoms with van der Waals surface area (Å²) >= 11 is 0. The van der Waals surface area contributed by atoms with E-state index in [9.17, 15) is 13.6 Å². The van der Waals surface area contributed by atoms with E-state index in [0.29, 0.717) is 5.56 Å². The molecular formula is C12H10F2O3. The van der Waals surface area contributed by atoms with Crippen LogP contribution in [0.25, 0.3) is 0 Å². The highest BCUT2D eigenvalue weighted by Crippen LogP contribution is 2.20. The quantitative estimate of drug-likeness (QED) is 0.597. The van der Waals surface area contributed by atoms with Gasteiger partial charge in [-0.2, -0.15) is 0 Å². The number of rotatable bonds is 4. The molecule has 0 radical (unpaired) electrons. The minimum absolute atomic E-state index is 0.0655. The summed E-state index contributed by atoms with van der Waals surface area (Å²) in [6, 6.07) is 4.16. The molecule has 0 aromatic heterocycles. The molecule has 0 heterocycles. The van der Waals surface area contributed by atoms with Gasteiger partial charge in [-0.05, 0) is 18.2 Å². The van der Waals surface area contributed by atoms with Crippen LogP contribution in [0.2, 0.25) is 0 Å². The Kier molecular flexibility index (Phi) is 4.46. The second kappa shape index (κ2) is 5.85. The maximum Gasteiger partial charge on any atom is 0.337 e. The van der Waals surface area contributed by atoms with Gasteiger partial charge in [-0.1, -0.05) is 5.92 Å². The Morgan fingerprint density at radius 1 is 1.53 bits per heavy atom. The fraction of sp³-hybridized carbons (Fsp3) is 0.250. The normalized spacial score (nSPS) is 9.82. The SMILES string of the molecule is C#Cc1ccc(C(=O)OC)cc1OCC(F)F. The average Bonchev–Trinajstić information content (AvgIpc) is 2.34. The van der Waals surface area contributed by atoms with Crippen molar-refractivity contribution in [2.24, 2.45) is 0 Å². The van der Waals surface area contributed by atoms with Gasteiger partial charge in [0.25, 0.3) is 6.43 Å². The molecule has 1 aromatic carbocycles. The molecule has 0 bridgehead atoms. The van der Waals surface area contributed by atoms with E-state index in [1.54, 1.807) is 0 Å². The topological polar surface area (TPSA) is 35.5 Å². The molecule has 3 nitrogen and oxygen atoms in total. The lowest BCUT2D eigenvalue weighted by molar-refractivity contribution is 0.0599. The number of benzene rings is 1. The van der Waals surface area contributed by atoms with Crippen LogP contribution in [-0.4, -0.2) is 26.1 Å². The van der Waals surface area contributed by atoms with Gasteiger partial charge in [0, 0.05) is 0 Å². The molecule has 0 fully saturated rings. The van der Waals surface area contributed by atoms with Gasteiger partial charge in [0.1, 0.15) is 12.4 Å². The van der Waals surface area contributed by atoms with Crippen LogP contribution in [0.1, 0.15) is 15.9 Å². The molecule has 0 spiro atoms. The van der Waals surface area contributed by atoms with Crippen molar-refractivity contribution in [3.63, 3.8) is 0 Å². The Bertz CT molecular complexity index is 450. The number of ether oxygens (including phenoxy) is 2. The largest absolute Gasteiger partial charge is 0.486 e. The zero-order chi connectivity index (χ0) is 12.8. The number of alkyl halides is 2. The second-order valence-electron chi connectivity index (χ2n) is 3.05. The number of terminal acetylenes is 1. The van der Waals surface area contributed by atoms with Crippen LogP contribution in [0, 0.1) is 12.3 Å². The predicted molar refractivity (Wildman–Crippen MR) is 57.2 cm³/mol. The summed E-state index contributed by atoms with van der Waals surface area (Å²) < 4.78 is 33.3. The Morgan fingerprint density at radius 3 is 2.76 bits per heavy atom. The molecule has 0 N–H and O–H groups in total. The lowest BCUT2D eigenvalue weighted by Gasteiger charge is -2.09. The minimum Gasteiger partial charge on any atom is -0.486 e. The molecule has 0 saturated carbocycles. The van der Waals surface area contributed by atoms with E-state index < -0.39 is 19.0 Å². The van der Waals surface area contributed by atoms with Crippen molar-refractivity contribution in [3.8, 4) is 18.1 Å². The van der Waals surface area contributed by atoms with Gasteiger partial charge in [0.15, 0.2) is 0 Å². The van der Waals surface area contributed by atoms with Gasteiger partial charge in [-0.25, -0.2) is 13.6 Å². The van der Waals surface area contributed by atoms with Crippen molar-refractivity contribution in [2.45, 2.75) is 6.43 Å². The first kappa shape index (κ1) is 13.0. The number of hydrogen-bond donors (Lipinski definition) is 0. The lowest BCUT2D eigenvalue weighted by Crippen LogP contribution is -2.09. The predicted octanol–water partition coefficient (Wildman–Crippen LogP) is 2.10. The molecule has 17 heavy (non-hydrogen) atoms. The van der Waals surface area contributed by atoms with Crippen LogP contribution in [0.3, 0.4) is 0 Å². The Morgan fingerprint density at radius 2 is 2.24 bits per heavy atom. The summed E-state index contributed by atoms with van der Waals surface area (Å²) in [4.78, 5) is 11.2. The van der Waals surface area contributed by atoms with Crippen molar-refractivity contribution < 1.29 is 23.0 Å². The Labute approximate surface area is 97.3 Å². The van der Waals surface area contributed by atoms with Gasteiger partial charge in [0.2, 0.25) is 0 Å². The molecular weight excluding hydrogens is 230 g/mol. The first-order valence-electron chi connectivity index (χ1n) is 4.68. The molecule has 0 aliphatic carbocycles. The fourth-order valence-corrected chi connectivity index (χ4v) is 1.16. The molecule has 1 rings (SSSR count). The summed E-state index contributed by atoms with van der Waals surface area (Å²) in [6.07, 6.45) is 2.57. The standard InChI is InChI=1S/C12H10F2O3/c1-3-8-4-5-9(12(15)16-2)6-10(8)17-7-11(13)14/h1,4-6,11H,7H2,2H3. The summed E-state index contributed by atoms with van der Waals surface area (Å²) in [5, 5.41) is 0. The Balaban J connectivity index is 2.99. The van der Waals surface area contributed by atoms with E-state index in [-0.39, 0.29) is 11.3 Å². The third-order valence-corrected chi connectivity index (χ3v) is 1.92. The number of carbonyl (C=O) groups excluding carboxylic acids is 1. The zero-order valence-corrected chi connectivity index (χ0v) is 9.07. The van der Waals surface area contributed by atoms with Gasteiger partial charge in [0.05, 0.1) is 18.2 Å². The van der Waals surface area contributed by atoms with E-state index >= 15 is 0 Å². The minimum atomic E-state index is -2.61. The van der Waals surface area contributed by atoms with E-state index in [1.807, 2.05) is 0 Å². The zero-order valence-electron chi connectivity index (χ0n) is 9.07. The Hall–Kier alpha value is -2.09. The molecule has 0 amide bonds. The molecule has 0 aliphatic heterocycles. The number of halogens is 2. The van der Waals surface area contributed by atoms with Crippen molar-refractivity contribution in [1.29, 1.82) is 0 Å². The van der Waals surface area contributed by atoms with Crippen LogP contribution in [0.15, 0.2) is 18.2 Å². The van der Waals surface area contributed by atoms with Gasteiger partial charge < -0.3 is 9.47 Å². The average molecular weight is 240 g/mol. The van der Waals surface area contributed by atoms with E-state index in [4.69, 9.17) is 11.2 Å². The molecule has 90 valence electrons. The summed E-state index contributed by atoms with van der Waals surface area (Å²) in [7, 11) is 1.22. The molecule has 5 heteroatoms. The lowest BCUT2D eigenvalue weighted by atomic mass is 10.1. The number of carbonyl (C=O) groups is 1. The van der Waals surface area contributed by atoms with Crippen LogP contribution in [0.4, 0.5) is 8.78 Å². The number of methoxy groups -OCH3 is 1. The number of esters is 1. The van der Waals surface area contributed by atoms with Gasteiger partial charge >= 0.3 is 5.97 Å². The third kappa shape index (κ3) is 3.45. The van der Waals surface area contributed by atoms with Crippen molar-refractivity contribution in [2.75, 3.05) is 13.7 Å². The van der Waals surface area contributed by atoms with E-state index in [0.717, 1.165) is 0 Å². The molecule has 0 unspecified atom stereocenters. The van der Waals surface area contributed by atoms with Crippen LogP contribution < -0.4 is 4.74 Å². The van der Waals surface area contributed by atoms with Crippen molar-refractivity contribution in [3.05, 3.63) is 29.3 Å². The highest BCUT2D eigenvalue weighted by molar-refractivity contribution is 5.90. The number of hydrogen-bond acceptors (Lipinski definition) is 3. The molecule has 0 aliphatic rings. The highest BCUT2D eigenvalue weighted by atomic mass is 19.3. The monoisotopic (exact) mass is 240 g/mol. The smallest absolute Gasteiger partial charge is 0.337 e. The first-order valence-corrected chi connectivity index (χ1v) is 4.68. The van der Waals surface area contributed by atoms with Gasteiger partial charge in [-0.15, -0.1) is 6.42 Å². The van der Waals surface area contributed by atoms with Crippen molar-refractivity contribution >= 4 is 5.97 Å². The van der Waals surface area contributed by atoms with Crippen LogP contribution >= 0.6 is 0 Å². The fourth-order valence-electron chi connectivity index (χ4n) is 1.16. The summed E-state index contributed by atoms with van der Waals surface area (Å²) in [5.74, 6) is 1.76. The summed E-state index contributed by atoms with van der Waals surface area (Å²) in [5.41, 5.74) is 0.495. The van der Waals surface area contributed by atoms with Gasteiger partial charge in [-0.3, -0.25) is 0 Å². The van der Waals surface area contributed by atoms with E-state index in [1.165, 1.54) is 25.3 Å².